The van der Waals surface area contributed by atoms with Crippen LogP contribution in [0.25, 0.3) is 0 Å². The molecular weight excluding hydrogens is 167 g/mol. The zero-order valence-corrected chi connectivity index (χ0v) is 7.58. The average Bonchev–Trinajstić information content (AvgIpc) is 1.56. The molecule has 0 aliphatic rings. The molecule has 0 bridgehead atoms. The second-order valence-electron chi connectivity index (χ2n) is 3.13. The van der Waals surface area contributed by atoms with Gasteiger partial charge in [0.2, 0.25) is 0 Å². The minimum Gasteiger partial charge on any atom is -0.322 e. The van der Waals surface area contributed by atoms with Crippen molar-refractivity contribution < 1.29 is 14.4 Å². The van der Waals surface area contributed by atoms with Gasteiger partial charge in [-0.25, -0.2) is 0 Å². The predicted octanol–water partition coefficient (Wildman–Crippen LogP) is -0.219. The van der Waals surface area contributed by atoms with Gasteiger partial charge in [0.15, 0.2) is 5.40 Å². The lowest BCUT2D eigenvalue weighted by molar-refractivity contribution is 0.305. The molecule has 68 valence electrons. The van der Waals surface area contributed by atoms with Gasteiger partial charge in [-0.1, -0.05) is 13.8 Å². The molecule has 0 aromatic heterocycles. The zero-order chi connectivity index (χ0) is 9.28. The van der Waals surface area contributed by atoms with Crippen molar-refractivity contribution in [2.45, 2.75) is 25.7 Å². The van der Waals surface area contributed by atoms with Gasteiger partial charge in [0.05, 0.1) is 0 Å². The lowest BCUT2D eigenvalue weighted by Crippen LogP contribution is -2.49. The summed E-state index contributed by atoms with van der Waals surface area (Å²) in [4.78, 5) is 17.3. The Hall–Kier alpha value is 0.0700. The van der Waals surface area contributed by atoms with Crippen LogP contribution in [0.3, 0.4) is 0 Å². The fraction of sp³-hybridized carbons (Fsp3) is 1.00. The summed E-state index contributed by atoms with van der Waals surface area (Å²) in [6, 6.07) is 0. The normalized spacial score (nSPS) is 14.1. The van der Waals surface area contributed by atoms with Gasteiger partial charge in [0, 0.05) is 0 Å². The molecule has 0 spiro atoms. The van der Waals surface area contributed by atoms with Gasteiger partial charge in [-0.2, -0.15) is 0 Å². The van der Waals surface area contributed by atoms with Crippen LogP contribution in [-0.2, 0) is 4.57 Å². The van der Waals surface area contributed by atoms with E-state index in [1.54, 1.807) is 13.8 Å². The lowest BCUT2D eigenvalue weighted by Gasteiger charge is -2.26. The second-order valence-corrected chi connectivity index (χ2v) is 5.05. The van der Waals surface area contributed by atoms with E-state index in [9.17, 15) is 4.57 Å². The molecule has 0 fully saturated rings. The Bertz CT molecular complexity index is 175. The first-order valence-corrected chi connectivity index (χ1v) is 4.91. The molecule has 11 heavy (non-hydrogen) atoms. The highest BCUT2D eigenvalue weighted by Crippen LogP contribution is 2.46. The van der Waals surface area contributed by atoms with Crippen LogP contribution >= 0.6 is 7.60 Å². The van der Waals surface area contributed by atoms with Crippen molar-refractivity contribution in [1.29, 1.82) is 0 Å². The molecule has 0 aromatic rings. The van der Waals surface area contributed by atoms with Gasteiger partial charge in [-0.05, 0) is 12.3 Å². The maximum Gasteiger partial charge on any atom is 0.359 e. The molecule has 0 aromatic carbocycles. The van der Waals surface area contributed by atoms with E-state index in [1.807, 2.05) is 0 Å². The summed E-state index contributed by atoms with van der Waals surface area (Å²) in [6.45, 7) is 3.59. The van der Waals surface area contributed by atoms with E-state index in [0.29, 0.717) is 0 Å². The van der Waals surface area contributed by atoms with Crippen LogP contribution in [0, 0.1) is 5.92 Å². The minimum atomic E-state index is -4.37. The van der Waals surface area contributed by atoms with Gasteiger partial charge in [-0.15, -0.1) is 0 Å². The van der Waals surface area contributed by atoms with Crippen molar-refractivity contribution in [3.63, 3.8) is 0 Å². The van der Waals surface area contributed by atoms with Gasteiger partial charge < -0.3 is 21.3 Å². The Balaban J connectivity index is 4.35. The summed E-state index contributed by atoms with van der Waals surface area (Å²) in [7, 11) is -4.37. The molecule has 0 radical (unpaired) electrons. The Kier molecular flexibility index (Phi) is 3.23. The first-order chi connectivity index (χ1) is 4.67. The number of nitrogens with two attached hydrogens (primary N) is 2. The van der Waals surface area contributed by atoms with E-state index in [2.05, 4.69) is 0 Å². The third-order valence-electron chi connectivity index (χ3n) is 1.28. The Morgan fingerprint density at radius 3 is 1.91 bits per heavy atom. The molecular formula is C5H15N2O3P. The van der Waals surface area contributed by atoms with Gasteiger partial charge >= 0.3 is 7.60 Å². The van der Waals surface area contributed by atoms with Crippen LogP contribution in [0.4, 0.5) is 0 Å². The summed E-state index contributed by atoms with van der Waals surface area (Å²) in [5, 5.41) is -1.87. The van der Waals surface area contributed by atoms with Crippen molar-refractivity contribution in [2.75, 3.05) is 0 Å². The van der Waals surface area contributed by atoms with Crippen molar-refractivity contribution >= 4 is 7.60 Å². The largest absolute Gasteiger partial charge is 0.359 e. The highest BCUT2D eigenvalue weighted by atomic mass is 31.2. The monoisotopic (exact) mass is 182 g/mol. The minimum absolute atomic E-state index is 0.0672. The molecule has 0 amide bonds. The molecule has 0 unspecified atom stereocenters. The second kappa shape index (κ2) is 3.21. The van der Waals surface area contributed by atoms with Crippen molar-refractivity contribution in [1.82, 2.24) is 0 Å². The molecule has 0 atom stereocenters. The average molecular weight is 182 g/mol. The summed E-state index contributed by atoms with van der Waals surface area (Å²) in [5.74, 6) is 0.0672. The van der Waals surface area contributed by atoms with Crippen molar-refractivity contribution in [2.24, 2.45) is 17.4 Å². The highest BCUT2D eigenvalue weighted by molar-refractivity contribution is 7.53. The molecule has 0 aliphatic carbocycles. The van der Waals surface area contributed by atoms with Crippen LogP contribution in [0.5, 0.6) is 0 Å². The van der Waals surface area contributed by atoms with Crippen LogP contribution in [0.2, 0.25) is 0 Å². The van der Waals surface area contributed by atoms with Crippen molar-refractivity contribution in [3.05, 3.63) is 0 Å². The Morgan fingerprint density at radius 2 is 1.82 bits per heavy atom. The van der Waals surface area contributed by atoms with E-state index in [0.717, 1.165) is 0 Å². The molecule has 6 heteroatoms. The van der Waals surface area contributed by atoms with E-state index in [-0.39, 0.29) is 12.3 Å². The first-order valence-electron chi connectivity index (χ1n) is 3.30. The summed E-state index contributed by atoms with van der Waals surface area (Å²) >= 11 is 0. The Labute approximate surface area is 65.9 Å². The number of rotatable bonds is 3. The quantitative estimate of drug-likeness (QED) is 0.356. The SMILES string of the molecule is CC(C)CC(N)(N)P(=O)(O)O. The zero-order valence-electron chi connectivity index (χ0n) is 6.69. The van der Waals surface area contributed by atoms with E-state index < -0.39 is 13.0 Å². The fourth-order valence-corrected chi connectivity index (χ4v) is 1.38. The van der Waals surface area contributed by atoms with E-state index >= 15 is 0 Å². The topological polar surface area (TPSA) is 110 Å². The smallest absolute Gasteiger partial charge is 0.322 e. The Morgan fingerprint density at radius 1 is 1.45 bits per heavy atom. The number of hydrogen-bond acceptors (Lipinski definition) is 3. The summed E-state index contributed by atoms with van der Waals surface area (Å²) in [6.07, 6.45) is 0.108. The van der Waals surface area contributed by atoms with Gasteiger partial charge in [0.1, 0.15) is 0 Å². The maximum atomic E-state index is 10.6. The van der Waals surface area contributed by atoms with E-state index in [1.165, 1.54) is 0 Å². The summed E-state index contributed by atoms with van der Waals surface area (Å²) in [5.41, 5.74) is 10.4. The van der Waals surface area contributed by atoms with Gasteiger partial charge in [0.25, 0.3) is 0 Å². The van der Waals surface area contributed by atoms with E-state index in [4.69, 9.17) is 21.3 Å². The molecule has 0 aliphatic heterocycles. The standard InChI is InChI=1S/C5H15N2O3P/c1-4(2)3-5(6,7)11(8,9)10/h4H,3,6-7H2,1-2H3,(H2,8,9,10). The molecule has 0 heterocycles. The van der Waals surface area contributed by atoms with Crippen molar-refractivity contribution in [3.8, 4) is 0 Å². The molecule has 0 rings (SSSR count). The van der Waals surface area contributed by atoms with Gasteiger partial charge in [-0.3, -0.25) is 4.57 Å². The van der Waals surface area contributed by atoms with Crippen LogP contribution in [-0.4, -0.2) is 15.2 Å². The first kappa shape index (κ1) is 11.1. The molecule has 5 nitrogen and oxygen atoms in total. The third kappa shape index (κ3) is 3.31. The summed E-state index contributed by atoms with van der Waals surface area (Å²) < 4.78 is 10.6. The van der Waals surface area contributed by atoms with Crippen LogP contribution in [0.1, 0.15) is 20.3 Å². The van der Waals surface area contributed by atoms with Crippen LogP contribution < -0.4 is 11.5 Å². The molecule has 6 N–H and O–H groups in total. The molecule has 0 saturated carbocycles. The third-order valence-corrected chi connectivity index (χ3v) is 2.54. The highest BCUT2D eigenvalue weighted by Gasteiger charge is 2.39. The number of hydrogen-bond donors (Lipinski definition) is 4. The van der Waals surface area contributed by atoms with Crippen LogP contribution in [0.15, 0.2) is 0 Å². The predicted molar refractivity (Wildman–Crippen MR) is 42.6 cm³/mol. The molecule has 0 saturated heterocycles. The fourth-order valence-electron chi connectivity index (χ4n) is 0.773. The maximum absolute atomic E-state index is 10.6. The lowest BCUT2D eigenvalue weighted by atomic mass is 10.1.